The van der Waals surface area contributed by atoms with Crippen molar-refractivity contribution in [2.45, 2.75) is 57.3 Å². The minimum Gasteiger partial charge on any atom is -0.306 e. The van der Waals surface area contributed by atoms with Crippen molar-refractivity contribution < 1.29 is 4.39 Å². The van der Waals surface area contributed by atoms with Gasteiger partial charge in [0.15, 0.2) is 0 Å². The highest BCUT2D eigenvalue weighted by atomic mass is 32.3. The molecule has 0 aliphatic carbocycles. The number of rotatable bonds is 4. The van der Waals surface area contributed by atoms with Crippen LogP contribution in [0.5, 0.6) is 0 Å². The molecule has 0 bridgehead atoms. The molecule has 0 spiro atoms. The molecule has 1 heterocycles. The second-order valence-electron chi connectivity index (χ2n) is 6.19. The van der Waals surface area contributed by atoms with E-state index in [4.69, 9.17) is 0 Å². The summed E-state index contributed by atoms with van der Waals surface area (Å²) >= 11 is 0. The van der Waals surface area contributed by atoms with Gasteiger partial charge in [0.05, 0.1) is 5.52 Å². The topological polar surface area (TPSA) is 4.93 Å². The standard InChI is InChI=1S/C17H26FNS/c1-12(2)20(13(3)4,14(5)6)19-11-10-15-8-7-9-16(18)17(15)19/h7-14H,1-6H3. The first-order valence-corrected chi connectivity index (χ1v) is 9.17. The van der Waals surface area contributed by atoms with Crippen LogP contribution in [-0.4, -0.2) is 19.7 Å². The Labute approximate surface area is 123 Å². The number of para-hydroxylation sites is 1. The van der Waals surface area contributed by atoms with Crippen molar-refractivity contribution in [3.8, 4) is 0 Å². The minimum atomic E-state index is -1.15. The van der Waals surface area contributed by atoms with Gasteiger partial charge in [0, 0.05) is 27.3 Å². The monoisotopic (exact) mass is 295 g/mol. The molecule has 0 atom stereocenters. The van der Waals surface area contributed by atoms with Crippen molar-refractivity contribution in [2.75, 3.05) is 0 Å². The minimum absolute atomic E-state index is 0.105. The van der Waals surface area contributed by atoms with Crippen LogP contribution >= 0.6 is 10.2 Å². The van der Waals surface area contributed by atoms with Crippen molar-refractivity contribution in [1.82, 2.24) is 3.97 Å². The summed E-state index contributed by atoms with van der Waals surface area (Å²) in [5, 5.41) is 2.54. The summed E-state index contributed by atoms with van der Waals surface area (Å²) in [5.74, 6) is -0.105. The highest BCUT2D eigenvalue weighted by Crippen LogP contribution is 2.62. The number of halogens is 1. The summed E-state index contributed by atoms with van der Waals surface area (Å²) in [6, 6.07) is 7.41. The lowest BCUT2D eigenvalue weighted by molar-refractivity contribution is 0.636. The number of hydrogen-bond acceptors (Lipinski definition) is 0. The highest BCUT2D eigenvalue weighted by Gasteiger charge is 2.37. The zero-order valence-electron chi connectivity index (χ0n) is 13.4. The van der Waals surface area contributed by atoms with E-state index in [1.807, 2.05) is 12.1 Å². The summed E-state index contributed by atoms with van der Waals surface area (Å²) in [7, 11) is -1.15. The Morgan fingerprint density at radius 2 is 1.45 bits per heavy atom. The van der Waals surface area contributed by atoms with Crippen LogP contribution in [0, 0.1) is 5.82 Å². The summed E-state index contributed by atoms with van der Waals surface area (Å²) in [6.45, 7) is 13.7. The summed E-state index contributed by atoms with van der Waals surface area (Å²) in [5.41, 5.74) is 0.776. The van der Waals surface area contributed by atoms with E-state index in [1.165, 1.54) is 0 Å². The molecule has 0 radical (unpaired) electrons. The van der Waals surface area contributed by atoms with Crippen molar-refractivity contribution in [3.05, 3.63) is 36.3 Å². The highest BCUT2D eigenvalue weighted by molar-refractivity contribution is 8.33. The Morgan fingerprint density at radius 3 is 1.95 bits per heavy atom. The first-order valence-electron chi connectivity index (χ1n) is 7.39. The SMILES string of the molecule is CC(C)S(C(C)C)(C(C)C)n1ccc2cccc(F)c21. The fourth-order valence-electron chi connectivity index (χ4n) is 3.70. The molecule has 0 N–H and O–H groups in total. The van der Waals surface area contributed by atoms with Crippen LogP contribution in [-0.2, 0) is 0 Å². The zero-order valence-corrected chi connectivity index (χ0v) is 14.2. The number of hydrogen-bond donors (Lipinski definition) is 0. The molecule has 0 saturated carbocycles. The maximum absolute atomic E-state index is 14.4. The second-order valence-corrected chi connectivity index (χ2v) is 10.9. The van der Waals surface area contributed by atoms with Gasteiger partial charge < -0.3 is 3.97 Å². The Balaban J connectivity index is 2.82. The second kappa shape index (κ2) is 5.44. The van der Waals surface area contributed by atoms with Gasteiger partial charge in [0.1, 0.15) is 5.82 Å². The van der Waals surface area contributed by atoms with E-state index in [2.05, 4.69) is 51.7 Å². The molecule has 1 aromatic carbocycles. The van der Waals surface area contributed by atoms with E-state index < -0.39 is 10.2 Å². The molecule has 3 heteroatoms. The Kier molecular flexibility index (Phi) is 4.19. The van der Waals surface area contributed by atoms with E-state index in [0.717, 1.165) is 10.9 Å². The van der Waals surface area contributed by atoms with E-state index in [9.17, 15) is 4.39 Å². The third-order valence-corrected chi connectivity index (χ3v) is 9.75. The van der Waals surface area contributed by atoms with Gasteiger partial charge in [-0.25, -0.2) is 4.39 Å². The van der Waals surface area contributed by atoms with Crippen LogP contribution < -0.4 is 0 Å². The molecule has 0 unspecified atom stereocenters. The third kappa shape index (κ3) is 2.07. The smallest absolute Gasteiger partial charge is 0.148 e. The fourth-order valence-corrected chi connectivity index (χ4v) is 9.11. The molecule has 2 rings (SSSR count). The normalized spacial score (nSPS) is 13.9. The van der Waals surface area contributed by atoms with Gasteiger partial charge in [-0.2, -0.15) is 10.2 Å². The molecule has 0 fully saturated rings. The van der Waals surface area contributed by atoms with Crippen LogP contribution in [0.3, 0.4) is 0 Å². The Morgan fingerprint density at radius 1 is 0.900 bits per heavy atom. The van der Waals surface area contributed by atoms with Crippen molar-refractivity contribution in [2.24, 2.45) is 0 Å². The average molecular weight is 295 g/mol. The fraction of sp³-hybridized carbons (Fsp3) is 0.529. The van der Waals surface area contributed by atoms with Gasteiger partial charge in [-0.15, -0.1) is 0 Å². The number of fused-ring (bicyclic) bond motifs is 1. The largest absolute Gasteiger partial charge is 0.306 e. The first-order chi connectivity index (χ1) is 9.33. The number of benzene rings is 1. The average Bonchev–Trinajstić information content (AvgIpc) is 2.74. The van der Waals surface area contributed by atoms with E-state index in [1.54, 1.807) is 12.1 Å². The third-order valence-electron chi connectivity index (χ3n) is 4.23. The van der Waals surface area contributed by atoms with Gasteiger partial charge in [0.2, 0.25) is 0 Å². The summed E-state index contributed by atoms with van der Waals surface area (Å²) in [6.07, 6.45) is 2.10. The molecule has 0 aliphatic heterocycles. The molecule has 112 valence electrons. The molecule has 0 saturated heterocycles. The summed E-state index contributed by atoms with van der Waals surface area (Å²) < 4.78 is 16.7. The van der Waals surface area contributed by atoms with Gasteiger partial charge in [-0.3, -0.25) is 0 Å². The zero-order chi connectivity index (χ0) is 15.1. The van der Waals surface area contributed by atoms with Crippen LogP contribution in [0.1, 0.15) is 41.5 Å². The predicted octanol–water partition coefficient (Wildman–Crippen LogP) is 5.57. The van der Waals surface area contributed by atoms with Gasteiger partial charge in [0.25, 0.3) is 0 Å². The van der Waals surface area contributed by atoms with Crippen LogP contribution in [0.25, 0.3) is 10.9 Å². The van der Waals surface area contributed by atoms with E-state index in [-0.39, 0.29) is 5.82 Å². The Bertz CT molecular complexity index is 576. The van der Waals surface area contributed by atoms with Crippen molar-refractivity contribution in [1.29, 1.82) is 0 Å². The van der Waals surface area contributed by atoms with Crippen molar-refractivity contribution in [3.63, 3.8) is 0 Å². The van der Waals surface area contributed by atoms with Crippen LogP contribution in [0.15, 0.2) is 30.5 Å². The first kappa shape index (κ1) is 15.4. The molecule has 1 nitrogen and oxygen atoms in total. The van der Waals surface area contributed by atoms with Gasteiger partial charge >= 0.3 is 0 Å². The van der Waals surface area contributed by atoms with E-state index >= 15 is 0 Å². The molecule has 20 heavy (non-hydrogen) atoms. The van der Waals surface area contributed by atoms with Gasteiger partial charge in [-0.1, -0.05) is 53.7 Å². The molecule has 2 aromatic rings. The molecular formula is C17H26FNS. The number of aromatic nitrogens is 1. The van der Waals surface area contributed by atoms with E-state index in [0.29, 0.717) is 15.7 Å². The predicted molar refractivity (Wildman–Crippen MR) is 90.3 cm³/mol. The Hall–Kier alpha value is -0.960. The number of nitrogens with zero attached hydrogens (tertiary/aromatic N) is 1. The van der Waals surface area contributed by atoms with Crippen molar-refractivity contribution >= 4 is 21.1 Å². The van der Waals surface area contributed by atoms with Gasteiger partial charge in [-0.05, 0) is 12.1 Å². The lowest BCUT2D eigenvalue weighted by atomic mass is 10.2. The molecule has 1 aromatic heterocycles. The van der Waals surface area contributed by atoms with Crippen LogP contribution in [0.4, 0.5) is 4.39 Å². The molecule has 0 amide bonds. The lowest BCUT2D eigenvalue weighted by Crippen LogP contribution is -2.33. The molecular weight excluding hydrogens is 269 g/mol. The molecule has 0 aliphatic rings. The summed E-state index contributed by atoms with van der Waals surface area (Å²) in [4.78, 5) is 0. The quantitative estimate of drug-likeness (QED) is 0.694. The van der Waals surface area contributed by atoms with Crippen LogP contribution in [0.2, 0.25) is 0 Å². The maximum atomic E-state index is 14.4. The maximum Gasteiger partial charge on any atom is 0.148 e. The lowest BCUT2D eigenvalue weighted by Gasteiger charge is -2.52.